The lowest BCUT2D eigenvalue weighted by atomic mass is 9.86. The standard InChI is InChI=1S/C18H28N2O/c1-6-18(14-19,20-5)12-9-13-21-16-11-8-7-10-15(16)17(2,3)4/h7-8,10-11,20H,6,9,12-13H2,1-5H3. The minimum Gasteiger partial charge on any atom is -0.493 e. The molecule has 0 fully saturated rings. The highest BCUT2D eigenvalue weighted by atomic mass is 16.5. The second-order valence-electron chi connectivity index (χ2n) is 6.50. The average molecular weight is 288 g/mol. The summed E-state index contributed by atoms with van der Waals surface area (Å²) in [4.78, 5) is 0. The van der Waals surface area contributed by atoms with Crippen molar-refractivity contribution >= 4 is 0 Å². The van der Waals surface area contributed by atoms with Gasteiger partial charge in [-0.2, -0.15) is 5.26 Å². The van der Waals surface area contributed by atoms with Gasteiger partial charge in [0.2, 0.25) is 0 Å². The van der Waals surface area contributed by atoms with E-state index in [1.54, 1.807) is 0 Å². The summed E-state index contributed by atoms with van der Waals surface area (Å²) in [6.45, 7) is 9.24. The van der Waals surface area contributed by atoms with Gasteiger partial charge in [-0.05, 0) is 43.4 Å². The summed E-state index contributed by atoms with van der Waals surface area (Å²) in [7, 11) is 1.85. The lowest BCUT2D eigenvalue weighted by molar-refractivity contribution is 0.276. The Morgan fingerprint density at radius 3 is 2.43 bits per heavy atom. The molecule has 0 saturated carbocycles. The third kappa shape index (κ3) is 4.75. The number of nitrogens with zero attached hydrogens (tertiary/aromatic N) is 1. The molecule has 0 saturated heterocycles. The zero-order chi connectivity index (χ0) is 15.9. The molecular weight excluding hydrogens is 260 g/mol. The zero-order valence-corrected chi connectivity index (χ0v) is 14.0. The maximum absolute atomic E-state index is 9.29. The molecule has 3 nitrogen and oxygen atoms in total. The minimum atomic E-state index is -0.424. The molecule has 1 aromatic carbocycles. The Hall–Kier alpha value is -1.53. The van der Waals surface area contributed by atoms with Gasteiger partial charge in [0.05, 0.1) is 12.7 Å². The van der Waals surface area contributed by atoms with Crippen molar-refractivity contribution in [2.75, 3.05) is 13.7 Å². The van der Waals surface area contributed by atoms with Crippen molar-refractivity contribution in [3.63, 3.8) is 0 Å². The SMILES string of the molecule is CCC(C#N)(CCCOc1ccccc1C(C)(C)C)NC. The first-order chi connectivity index (χ1) is 9.88. The van der Waals surface area contributed by atoms with E-state index in [0.29, 0.717) is 6.61 Å². The molecule has 0 aliphatic carbocycles. The van der Waals surface area contributed by atoms with Gasteiger partial charge in [0.15, 0.2) is 0 Å². The molecule has 21 heavy (non-hydrogen) atoms. The molecule has 0 aliphatic heterocycles. The summed E-state index contributed by atoms with van der Waals surface area (Å²) in [5, 5.41) is 12.4. The third-order valence-electron chi connectivity index (χ3n) is 4.00. The molecule has 3 heteroatoms. The van der Waals surface area contributed by atoms with Crippen LogP contribution in [0.1, 0.15) is 52.5 Å². The number of ether oxygens (including phenoxy) is 1. The molecule has 1 unspecified atom stereocenters. The second-order valence-corrected chi connectivity index (χ2v) is 6.50. The highest BCUT2D eigenvalue weighted by Gasteiger charge is 2.25. The average Bonchev–Trinajstić information content (AvgIpc) is 2.48. The van der Waals surface area contributed by atoms with Gasteiger partial charge < -0.3 is 10.1 Å². The number of nitriles is 1. The molecule has 1 N–H and O–H groups in total. The molecule has 0 heterocycles. The molecule has 0 radical (unpaired) electrons. The first kappa shape index (κ1) is 17.5. The normalized spacial score (nSPS) is 14.3. The van der Waals surface area contributed by atoms with Crippen molar-refractivity contribution in [2.24, 2.45) is 0 Å². The molecule has 1 rings (SSSR count). The van der Waals surface area contributed by atoms with Crippen LogP contribution in [0.15, 0.2) is 24.3 Å². The van der Waals surface area contributed by atoms with E-state index in [1.165, 1.54) is 5.56 Å². The zero-order valence-electron chi connectivity index (χ0n) is 14.0. The Labute approximate surface area is 129 Å². The lowest BCUT2D eigenvalue weighted by Crippen LogP contribution is -2.41. The smallest absolute Gasteiger partial charge is 0.123 e. The van der Waals surface area contributed by atoms with Crippen LogP contribution in [-0.4, -0.2) is 19.2 Å². The van der Waals surface area contributed by atoms with Crippen LogP contribution < -0.4 is 10.1 Å². The van der Waals surface area contributed by atoms with Crippen LogP contribution >= 0.6 is 0 Å². The van der Waals surface area contributed by atoms with Gasteiger partial charge in [-0.25, -0.2) is 0 Å². The predicted molar refractivity (Wildman–Crippen MR) is 87.6 cm³/mol. The van der Waals surface area contributed by atoms with Crippen LogP contribution in [0, 0.1) is 11.3 Å². The summed E-state index contributed by atoms with van der Waals surface area (Å²) >= 11 is 0. The first-order valence-electron chi connectivity index (χ1n) is 7.71. The number of benzene rings is 1. The van der Waals surface area contributed by atoms with Gasteiger partial charge in [-0.1, -0.05) is 45.9 Å². The van der Waals surface area contributed by atoms with Crippen molar-refractivity contribution in [1.29, 1.82) is 5.26 Å². The fourth-order valence-corrected chi connectivity index (χ4v) is 2.44. The number of hydrogen-bond acceptors (Lipinski definition) is 3. The maximum Gasteiger partial charge on any atom is 0.123 e. The van der Waals surface area contributed by atoms with Crippen molar-refractivity contribution in [3.05, 3.63) is 29.8 Å². The van der Waals surface area contributed by atoms with Crippen LogP contribution in [0.2, 0.25) is 0 Å². The van der Waals surface area contributed by atoms with E-state index in [-0.39, 0.29) is 5.41 Å². The van der Waals surface area contributed by atoms with Crippen LogP contribution in [0.4, 0.5) is 0 Å². The molecular formula is C18H28N2O. The Balaban J connectivity index is 2.60. The van der Waals surface area contributed by atoms with Crippen molar-refractivity contribution < 1.29 is 4.74 Å². The van der Waals surface area contributed by atoms with Crippen LogP contribution in [0.25, 0.3) is 0 Å². The Kier molecular flexibility index (Phi) is 6.23. The van der Waals surface area contributed by atoms with Crippen LogP contribution in [0.5, 0.6) is 5.75 Å². The number of nitrogens with one attached hydrogen (secondary N) is 1. The van der Waals surface area contributed by atoms with E-state index in [4.69, 9.17) is 4.74 Å². The van der Waals surface area contributed by atoms with E-state index in [2.05, 4.69) is 38.2 Å². The predicted octanol–water partition coefficient (Wildman–Crippen LogP) is 4.03. The molecule has 0 amide bonds. The Bertz CT molecular complexity index is 479. The molecule has 0 aromatic heterocycles. The first-order valence-corrected chi connectivity index (χ1v) is 7.71. The van der Waals surface area contributed by atoms with Crippen LogP contribution in [0.3, 0.4) is 0 Å². The molecule has 0 bridgehead atoms. The highest BCUT2D eigenvalue weighted by molar-refractivity contribution is 5.38. The quantitative estimate of drug-likeness (QED) is 0.770. The van der Waals surface area contributed by atoms with Gasteiger partial charge in [0.1, 0.15) is 11.3 Å². The third-order valence-corrected chi connectivity index (χ3v) is 4.00. The number of rotatable bonds is 7. The van der Waals surface area contributed by atoms with Gasteiger partial charge in [0.25, 0.3) is 0 Å². The summed E-state index contributed by atoms with van der Waals surface area (Å²) in [5.41, 5.74) is 0.870. The summed E-state index contributed by atoms with van der Waals surface area (Å²) in [6.07, 6.45) is 2.47. The summed E-state index contributed by atoms with van der Waals surface area (Å²) in [5.74, 6) is 0.952. The van der Waals surface area contributed by atoms with E-state index >= 15 is 0 Å². The summed E-state index contributed by atoms with van der Waals surface area (Å²) < 4.78 is 5.96. The Morgan fingerprint density at radius 1 is 1.24 bits per heavy atom. The van der Waals surface area contributed by atoms with Gasteiger partial charge >= 0.3 is 0 Å². The maximum atomic E-state index is 9.29. The Morgan fingerprint density at radius 2 is 1.90 bits per heavy atom. The second kappa shape index (κ2) is 7.47. The van der Waals surface area contributed by atoms with Crippen LogP contribution in [-0.2, 0) is 5.41 Å². The van der Waals surface area contributed by atoms with E-state index in [0.717, 1.165) is 25.0 Å². The van der Waals surface area contributed by atoms with Crippen molar-refractivity contribution in [1.82, 2.24) is 5.32 Å². The van der Waals surface area contributed by atoms with E-state index < -0.39 is 5.54 Å². The molecule has 0 spiro atoms. The molecule has 1 atom stereocenters. The lowest BCUT2D eigenvalue weighted by Gasteiger charge is -2.25. The van der Waals surface area contributed by atoms with E-state index in [1.807, 2.05) is 32.2 Å². The monoisotopic (exact) mass is 288 g/mol. The fourth-order valence-electron chi connectivity index (χ4n) is 2.44. The molecule has 0 aliphatic rings. The van der Waals surface area contributed by atoms with Crippen molar-refractivity contribution in [2.45, 2.75) is 57.9 Å². The van der Waals surface area contributed by atoms with E-state index in [9.17, 15) is 5.26 Å². The fraction of sp³-hybridized carbons (Fsp3) is 0.611. The largest absolute Gasteiger partial charge is 0.493 e. The molecule has 1 aromatic rings. The van der Waals surface area contributed by atoms with Gasteiger partial charge in [0, 0.05) is 0 Å². The molecule has 116 valence electrons. The topological polar surface area (TPSA) is 45.0 Å². The van der Waals surface area contributed by atoms with Crippen molar-refractivity contribution in [3.8, 4) is 11.8 Å². The minimum absolute atomic E-state index is 0.0708. The summed E-state index contributed by atoms with van der Waals surface area (Å²) in [6, 6.07) is 10.6. The highest BCUT2D eigenvalue weighted by Crippen LogP contribution is 2.31. The van der Waals surface area contributed by atoms with Gasteiger partial charge in [-0.15, -0.1) is 0 Å². The number of para-hydroxylation sites is 1. The number of hydrogen-bond donors (Lipinski definition) is 1. The van der Waals surface area contributed by atoms with Gasteiger partial charge in [-0.3, -0.25) is 0 Å².